The number of methoxy groups -OCH3 is 1. The molecule has 0 aliphatic rings. The van der Waals surface area contributed by atoms with Crippen molar-refractivity contribution in [3.05, 3.63) is 30.3 Å². The van der Waals surface area contributed by atoms with Crippen molar-refractivity contribution < 1.29 is 4.74 Å². The Morgan fingerprint density at radius 3 is 2.13 bits per heavy atom. The van der Waals surface area contributed by atoms with Crippen molar-refractivity contribution in [2.75, 3.05) is 13.5 Å². The van der Waals surface area contributed by atoms with Crippen molar-refractivity contribution in [2.45, 2.75) is 25.9 Å². The maximum absolute atomic E-state index is 6.59. The molecule has 0 aliphatic carbocycles. The van der Waals surface area contributed by atoms with Gasteiger partial charge in [-0.3, -0.25) is 0 Å². The van der Waals surface area contributed by atoms with E-state index < -0.39 is 7.14 Å². The van der Waals surface area contributed by atoms with Gasteiger partial charge < -0.3 is 4.74 Å². The Bertz CT molecular complexity index is 307. The quantitative estimate of drug-likeness (QED) is 0.563. The van der Waals surface area contributed by atoms with Crippen molar-refractivity contribution in [1.29, 1.82) is 0 Å². The Balaban J connectivity index is 3.13. The fourth-order valence-electron chi connectivity index (χ4n) is 1.55. The minimum absolute atomic E-state index is 0.0738. The van der Waals surface area contributed by atoms with Crippen LogP contribution in [-0.4, -0.2) is 26.2 Å². The summed E-state index contributed by atoms with van der Waals surface area (Å²) in [6.07, 6.45) is 0.639. The monoisotopic (exact) mass is 221 g/mol. The minimum atomic E-state index is -1.73. The molecule has 1 unspecified atom stereocenters. The van der Waals surface area contributed by atoms with Crippen LogP contribution in [0.1, 0.15) is 20.8 Å². The summed E-state index contributed by atoms with van der Waals surface area (Å²) in [6, 6.07) is 10.3. The van der Waals surface area contributed by atoms with E-state index >= 15 is 0 Å². The molecule has 0 N–H and O–H groups in total. The van der Waals surface area contributed by atoms with Gasteiger partial charge in [0, 0.05) is 14.3 Å². The first-order valence-electron chi connectivity index (χ1n) is 5.13. The zero-order chi connectivity index (χ0) is 11.5. The van der Waals surface area contributed by atoms with Crippen LogP contribution in [0.15, 0.2) is 30.3 Å². The average molecular weight is 221 g/mol. The lowest BCUT2D eigenvalue weighted by atomic mass is 10.2. The van der Waals surface area contributed by atoms with Crippen LogP contribution < -0.4 is 5.30 Å². The third kappa shape index (κ3) is 2.62. The summed E-state index contributed by atoms with van der Waals surface area (Å²) in [5, 5.41) is 1.31. The SMILES string of the molecule is [B][P+](COC)(c1ccccc1)C(C)(C)C. The standard InChI is InChI=1S/C12H19BOP/c1-12(2,3)15(13,10-14-4)11-8-6-5-7-9-11/h5-9H,10H2,1-4H3/q+1. The summed E-state index contributed by atoms with van der Waals surface area (Å²) in [6.45, 7) is 6.56. The summed E-state index contributed by atoms with van der Waals surface area (Å²) in [5.74, 6) is 0. The van der Waals surface area contributed by atoms with Crippen molar-refractivity contribution in [3.63, 3.8) is 0 Å². The van der Waals surface area contributed by atoms with Gasteiger partial charge in [0.25, 0.3) is 0 Å². The Hall–Kier alpha value is -0.325. The summed E-state index contributed by atoms with van der Waals surface area (Å²) in [5.41, 5.74) is 0. The molecule has 0 saturated heterocycles. The van der Waals surface area contributed by atoms with Crippen LogP contribution in [0.25, 0.3) is 0 Å². The second kappa shape index (κ2) is 4.68. The Morgan fingerprint density at radius 1 is 1.20 bits per heavy atom. The number of benzene rings is 1. The number of rotatable bonds is 3. The maximum atomic E-state index is 6.59. The van der Waals surface area contributed by atoms with Crippen LogP contribution in [0.5, 0.6) is 0 Å². The second-order valence-corrected chi connectivity index (χ2v) is 8.65. The highest BCUT2D eigenvalue weighted by atomic mass is 31.2. The molecule has 0 spiro atoms. The lowest BCUT2D eigenvalue weighted by Crippen LogP contribution is -2.31. The summed E-state index contributed by atoms with van der Waals surface area (Å²) < 4.78 is 5.31. The van der Waals surface area contributed by atoms with Crippen LogP contribution in [0.3, 0.4) is 0 Å². The maximum Gasteiger partial charge on any atom is 0.374 e. The second-order valence-electron chi connectivity index (χ2n) is 4.79. The van der Waals surface area contributed by atoms with Gasteiger partial charge in [0.05, 0.1) is 10.5 Å². The highest BCUT2D eigenvalue weighted by Gasteiger charge is 2.46. The van der Waals surface area contributed by atoms with Gasteiger partial charge >= 0.3 is 7.57 Å². The Labute approximate surface area is 94.9 Å². The molecule has 1 aromatic rings. The fourth-order valence-corrected chi connectivity index (χ4v) is 3.98. The lowest BCUT2D eigenvalue weighted by Gasteiger charge is -2.35. The van der Waals surface area contributed by atoms with E-state index in [0.717, 1.165) is 0 Å². The van der Waals surface area contributed by atoms with Gasteiger partial charge in [-0.25, -0.2) is 0 Å². The molecule has 1 aromatic carbocycles. The largest absolute Gasteiger partial charge is 0.374 e. The molecule has 2 radical (unpaired) electrons. The van der Waals surface area contributed by atoms with E-state index in [4.69, 9.17) is 12.3 Å². The fraction of sp³-hybridized carbons (Fsp3) is 0.500. The molecule has 1 atom stereocenters. The van der Waals surface area contributed by atoms with E-state index in [9.17, 15) is 0 Å². The minimum Gasteiger partial charge on any atom is -0.351 e. The molecule has 15 heavy (non-hydrogen) atoms. The molecule has 1 rings (SSSR count). The van der Waals surface area contributed by atoms with Crippen molar-refractivity contribution in [2.24, 2.45) is 0 Å². The van der Waals surface area contributed by atoms with Crippen molar-refractivity contribution in [3.8, 4) is 0 Å². The molecule has 0 aliphatic heterocycles. The van der Waals surface area contributed by atoms with Crippen LogP contribution in [0.2, 0.25) is 0 Å². The van der Waals surface area contributed by atoms with Crippen LogP contribution in [-0.2, 0) is 4.74 Å². The van der Waals surface area contributed by atoms with Crippen molar-refractivity contribution >= 4 is 20.0 Å². The molecular weight excluding hydrogens is 202 g/mol. The first-order valence-corrected chi connectivity index (χ1v) is 7.17. The highest BCUT2D eigenvalue weighted by molar-refractivity contribution is 8.04. The van der Waals surface area contributed by atoms with E-state index in [1.165, 1.54) is 5.30 Å². The van der Waals surface area contributed by atoms with E-state index in [1.54, 1.807) is 7.11 Å². The molecular formula is C12H19BOP+. The van der Waals surface area contributed by atoms with Crippen LogP contribution >= 0.6 is 7.14 Å². The number of hydrogen-bond donors (Lipinski definition) is 0. The van der Waals surface area contributed by atoms with E-state index in [-0.39, 0.29) is 5.16 Å². The zero-order valence-corrected chi connectivity index (χ0v) is 10.9. The molecule has 80 valence electrons. The third-order valence-corrected chi connectivity index (χ3v) is 7.03. The molecule has 0 aromatic heterocycles. The number of hydrogen-bond acceptors (Lipinski definition) is 1. The van der Waals surface area contributed by atoms with Crippen LogP contribution in [0, 0.1) is 0 Å². The zero-order valence-electron chi connectivity index (χ0n) is 10.0. The van der Waals surface area contributed by atoms with E-state index in [0.29, 0.717) is 6.35 Å². The van der Waals surface area contributed by atoms with Gasteiger partial charge in [-0.15, -0.1) is 0 Å². The van der Waals surface area contributed by atoms with E-state index in [2.05, 4.69) is 32.9 Å². The Kier molecular flexibility index (Phi) is 3.97. The average Bonchev–Trinajstić information content (AvgIpc) is 2.18. The Morgan fingerprint density at radius 2 is 1.73 bits per heavy atom. The van der Waals surface area contributed by atoms with Gasteiger partial charge in [-0.2, -0.15) is 0 Å². The van der Waals surface area contributed by atoms with Gasteiger partial charge in [-0.1, -0.05) is 18.2 Å². The summed E-state index contributed by atoms with van der Waals surface area (Å²) >= 11 is 0. The molecule has 0 saturated carbocycles. The van der Waals surface area contributed by atoms with Crippen LogP contribution in [0.4, 0.5) is 0 Å². The van der Waals surface area contributed by atoms with Gasteiger partial charge in [0.1, 0.15) is 6.35 Å². The molecule has 1 nitrogen and oxygen atoms in total. The highest BCUT2D eigenvalue weighted by Crippen LogP contribution is 2.63. The first kappa shape index (κ1) is 12.7. The third-order valence-electron chi connectivity index (χ3n) is 2.75. The van der Waals surface area contributed by atoms with Gasteiger partial charge in [-0.05, 0) is 32.9 Å². The first-order chi connectivity index (χ1) is 6.92. The molecule has 0 amide bonds. The molecule has 0 heterocycles. The topological polar surface area (TPSA) is 9.23 Å². The smallest absolute Gasteiger partial charge is 0.351 e. The summed E-state index contributed by atoms with van der Waals surface area (Å²) in [7, 11) is 6.58. The predicted molar refractivity (Wildman–Crippen MR) is 70.4 cm³/mol. The molecule has 0 fully saturated rings. The molecule has 0 bridgehead atoms. The van der Waals surface area contributed by atoms with E-state index in [1.807, 2.05) is 18.2 Å². The summed E-state index contributed by atoms with van der Waals surface area (Å²) in [4.78, 5) is 0. The number of ether oxygens (including phenoxy) is 1. The van der Waals surface area contributed by atoms with Gasteiger partial charge in [0.15, 0.2) is 0 Å². The predicted octanol–water partition coefficient (Wildman–Crippen LogP) is 2.82. The normalized spacial score (nSPS) is 16.0. The van der Waals surface area contributed by atoms with Gasteiger partial charge in [0.2, 0.25) is 0 Å². The lowest BCUT2D eigenvalue weighted by molar-refractivity contribution is 0.253. The molecule has 3 heteroatoms. The van der Waals surface area contributed by atoms with Crippen molar-refractivity contribution in [1.82, 2.24) is 0 Å².